The standard InChI is InChI=1S/C9H11ClN4/c1-13-4-6(3-11)9-8(10)2-7(12)5-14-9/h2-5H,11-12H2,1H3/b6-3+,13-4?. The Hall–Kier alpha value is -1.55. The molecule has 4 N–H and O–H groups in total. The Bertz CT molecular complexity index is 384. The second kappa shape index (κ2) is 4.62. The Labute approximate surface area is 87.3 Å². The van der Waals surface area contributed by atoms with Crippen molar-refractivity contribution in [3.8, 4) is 0 Å². The molecule has 0 bridgehead atoms. The van der Waals surface area contributed by atoms with Gasteiger partial charge in [-0.15, -0.1) is 0 Å². The van der Waals surface area contributed by atoms with E-state index in [1.165, 1.54) is 12.4 Å². The Balaban J connectivity index is 3.18. The molecule has 5 heteroatoms. The quantitative estimate of drug-likeness (QED) is 0.723. The van der Waals surface area contributed by atoms with Gasteiger partial charge in [0.1, 0.15) is 0 Å². The number of allylic oxidation sites excluding steroid dienone is 1. The van der Waals surface area contributed by atoms with Gasteiger partial charge in [-0.25, -0.2) is 0 Å². The number of anilines is 1. The highest BCUT2D eigenvalue weighted by molar-refractivity contribution is 6.33. The Morgan fingerprint density at radius 3 is 2.86 bits per heavy atom. The molecule has 4 nitrogen and oxygen atoms in total. The smallest absolute Gasteiger partial charge is 0.0919 e. The van der Waals surface area contributed by atoms with E-state index in [1.54, 1.807) is 19.3 Å². The van der Waals surface area contributed by atoms with Gasteiger partial charge in [0.05, 0.1) is 22.6 Å². The number of aliphatic imine (C=N–C) groups is 1. The van der Waals surface area contributed by atoms with E-state index in [-0.39, 0.29) is 0 Å². The number of nitrogen functional groups attached to an aromatic ring is 1. The van der Waals surface area contributed by atoms with Crippen LogP contribution >= 0.6 is 11.6 Å². The van der Waals surface area contributed by atoms with Crippen LogP contribution < -0.4 is 11.5 Å². The molecule has 1 aromatic heterocycles. The van der Waals surface area contributed by atoms with Crippen molar-refractivity contribution in [2.24, 2.45) is 10.7 Å². The van der Waals surface area contributed by atoms with Crippen LogP contribution in [0.3, 0.4) is 0 Å². The normalized spacial score (nSPS) is 12.3. The molecule has 14 heavy (non-hydrogen) atoms. The summed E-state index contributed by atoms with van der Waals surface area (Å²) >= 11 is 5.94. The zero-order chi connectivity index (χ0) is 10.6. The van der Waals surface area contributed by atoms with Crippen molar-refractivity contribution >= 4 is 29.1 Å². The number of halogens is 1. The highest BCUT2D eigenvalue weighted by atomic mass is 35.5. The minimum Gasteiger partial charge on any atom is -0.404 e. The zero-order valence-corrected chi connectivity index (χ0v) is 8.49. The maximum Gasteiger partial charge on any atom is 0.0919 e. The van der Waals surface area contributed by atoms with E-state index in [0.717, 1.165) is 0 Å². The average Bonchev–Trinajstić information content (AvgIpc) is 2.15. The monoisotopic (exact) mass is 210 g/mol. The maximum atomic E-state index is 5.94. The first kappa shape index (κ1) is 10.5. The number of rotatable bonds is 2. The highest BCUT2D eigenvalue weighted by Crippen LogP contribution is 2.21. The molecule has 0 aliphatic heterocycles. The predicted molar refractivity (Wildman–Crippen MR) is 60.2 cm³/mol. The molecule has 0 saturated carbocycles. The zero-order valence-electron chi connectivity index (χ0n) is 7.74. The molecule has 0 aliphatic carbocycles. The first-order valence-corrected chi connectivity index (χ1v) is 4.32. The van der Waals surface area contributed by atoms with Crippen molar-refractivity contribution in [3.05, 3.63) is 29.2 Å². The number of aromatic nitrogens is 1. The van der Waals surface area contributed by atoms with Crippen molar-refractivity contribution < 1.29 is 0 Å². The summed E-state index contributed by atoms with van der Waals surface area (Å²) in [6, 6.07) is 1.62. The molecule has 0 aliphatic rings. The van der Waals surface area contributed by atoms with Crippen molar-refractivity contribution in [2.75, 3.05) is 12.8 Å². The molecule has 1 aromatic rings. The number of hydrogen-bond donors (Lipinski definition) is 2. The van der Waals surface area contributed by atoms with Gasteiger partial charge >= 0.3 is 0 Å². The predicted octanol–water partition coefficient (Wildman–Crippen LogP) is 1.32. The van der Waals surface area contributed by atoms with Crippen molar-refractivity contribution in [1.82, 2.24) is 4.98 Å². The van der Waals surface area contributed by atoms with Gasteiger partial charge < -0.3 is 11.5 Å². The Morgan fingerprint density at radius 2 is 2.36 bits per heavy atom. The molecule has 1 heterocycles. The molecule has 0 unspecified atom stereocenters. The second-order valence-corrected chi connectivity index (χ2v) is 3.02. The van der Waals surface area contributed by atoms with Crippen LogP contribution in [0, 0.1) is 0 Å². The molecule has 0 aromatic carbocycles. The molecule has 0 fully saturated rings. The Morgan fingerprint density at radius 1 is 1.64 bits per heavy atom. The first-order valence-electron chi connectivity index (χ1n) is 3.94. The van der Waals surface area contributed by atoms with E-state index in [1.807, 2.05) is 0 Å². The summed E-state index contributed by atoms with van der Waals surface area (Å²) in [5.41, 5.74) is 12.7. The third kappa shape index (κ3) is 2.23. The molecule has 1 rings (SSSR count). The lowest BCUT2D eigenvalue weighted by Crippen LogP contribution is -1.97. The lowest BCUT2D eigenvalue weighted by atomic mass is 10.2. The summed E-state index contributed by atoms with van der Waals surface area (Å²) in [6.07, 6.45) is 4.51. The van der Waals surface area contributed by atoms with Crippen LogP contribution in [0.4, 0.5) is 5.69 Å². The summed E-state index contributed by atoms with van der Waals surface area (Å²) in [6.45, 7) is 0. The van der Waals surface area contributed by atoms with E-state index < -0.39 is 0 Å². The molecule has 0 amide bonds. The second-order valence-electron chi connectivity index (χ2n) is 2.61. The van der Waals surface area contributed by atoms with E-state index >= 15 is 0 Å². The number of pyridine rings is 1. The summed E-state index contributed by atoms with van der Waals surface area (Å²) in [4.78, 5) is 7.91. The van der Waals surface area contributed by atoms with Crippen molar-refractivity contribution in [2.45, 2.75) is 0 Å². The van der Waals surface area contributed by atoms with Crippen LogP contribution in [0.5, 0.6) is 0 Å². The van der Waals surface area contributed by atoms with Gasteiger partial charge in [0.25, 0.3) is 0 Å². The molecule has 0 saturated heterocycles. The van der Waals surface area contributed by atoms with Crippen LogP contribution in [-0.4, -0.2) is 18.2 Å². The topological polar surface area (TPSA) is 77.3 Å². The third-order valence-corrected chi connectivity index (χ3v) is 1.87. The van der Waals surface area contributed by atoms with Crippen LogP contribution in [0.2, 0.25) is 5.02 Å². The van der Waals surface area contributed by atoms with Crippen molar-refractivity contribution in [3.63, 3.8) is 0 Å². The maximum absolute atomic E-state index is 5.94. The lowest BCUT2D eigenvalue weighted by molar-refractivity contribution is 1.28. The number of hydrogen-bond acceptors (Lipinski definition) is 4. The van der Waals surface area contributed by atoms with Gasteiger partial charge in [0.15, 0.2) is 0 Å². The fourth-order valence-corrected chi connectivity index (χ4v) is 1.27. The van der Waals surface area contributed by atoms with Crippen LogP contribution in [0.15, 0.2) is 23.5 Å². The summed E-state index contributed by atoms with van der Waals surface area (Å²) < 4.78 is 0. The molecule has 0 radical (unpaired) electrons. The van der Waals surface area contributed by atoms with Gasteiger partial charge in [-0.3, -0.25) is 9.98 Å². The van der Waals surface area contributed by atoms with E-state index in [4.69, 9.17) is 23.1 Å². The average molecular weight is 211 g/mol. The van der Waals surface area contributed by atoms with Gasteiger partial charge in [0.2, 0.25) is 0 Å². The first-order chi connectivity index (χ1) is 6.69. The number of nitrogens with zero attached hydrogens (tertiary/aromatic N) is 2. The summed E-state index contributed by atoms with van der Waals surface area (Å²) in [5.74, 6) is 0. The minimum atomic E-state index is 0.460. The largest absolute Gasteiger partial charge is 0.404 e. The van der Waals surface area contributed by atoms with Gasteiger partial charge in [-0.1, -0.05) is 11.6 Å². The van der Waals surface area contributed by atoms with E-state index in [2.05, 4.69) is 9.98 Å². The van der Waals surface area contributed by atoms with Crippen LogP contribution in [0.25, 0.3) is 5.57 Å². The number of nitrogens with two attached hydrogens (primary N) is 2. The van der Waals surface area contributed by atoms with Gasteiger partial charge in [0, 0.05) is 25.0 Å². The SMILES string of the molecule is CN=C/C(=C\N)c1ncc(N)cc1Cl. The summed E-state index contributed by atoms with van der Waals surface area (Å²) in [5, 5.41) is 0.460. The molecule has 0 atom stereocenters. The summed E-state index contributed by atoms with van der Waals surface area (Å²) in [7, 11) is 1.65. The molecular formula is C9H11ClN4. The van der Waals surface area contributed by atoms with E-state index in [9.17, 15) is 0 Å². The molecular weight excluding hydrogens is 200 g/mol. The minimum absolute atomic E-state index is 0.460. The highest BCUT2D eigenvalue weighted by Gasteiger charge is 2.05. The molecule has 74 valence electrons. The molecule has 0 spiro atoms. The third-order valence-electron chi connectivity index (χ3n) is 1.58. The fourth-order valence-electron chi connectivity index (χ4n) is 0.987. The lowest BCUT2D eigenvalue weighted by Gasteiger charge is -2.03. The van der Waals surface area contributed by atoms with Crippen LogP contribution in [-0.2, 0) is 0 Å². The van der Waals surface area contributed by atoms with Gasteiger partial charge in [-0.2, -0.15) is 0 Å². The van der Waals surface area contributed by atoms with E-state index in [0.29, 0.717) is 22.0 Å². The van der Waals surface area contributed by atoms with Crippen molar-refractivity contribution in [1.29, 1.82) is 0 Å². The fraction of sp³-hybridized carbons (Fsp3) is 0.111. The van der Waals surface area contributed by atoms with Crippen LogP contribution in [0.1, 0.15) is 5.69 Å². The Kier molecular flexibility index (Phi) is 3.48. The van der Waals surface area contributed by atoms with Gasteiger partial charge in [-0.05, 0) is 6.07 Å².